The fourth-order valence-corrected chi connectivity index (χ4v) is 2.10. The number of benzene rings is 2. The Labute approximate surface area is 128 Å². The van der Waals surface area contributed by atoms with E-state index in [1.165, 1.54) is 6.07 Å². The van der Waals surface area contributed by atoms with Crippen molar-refractivity contribution in [1.82, 2.24) is 0 Å². The molecule has 2 aromatic carbocycles. The second-order valence-electron chi connectivity index (χ2n) is 5.39. The van der Waals surface area contributed by atoms with Crippen LogP contribution in [0.1, 0.15) is 31.1 Å². The summed E-state index contributed by atoms with van der Waals surface area (Å²) in [6.45, 7) is 3.74. The van der Waals surface area contributed by atoms with Crippen LogP contribution in [-0.2, 0) is 6.61 Å². The molecule has 1 atom stereocenters. The zero-order valence-corrected chi connectivity index (χ0v) is 12.5. The molecular formula is C17H18FNO3. The lowest BCUT2D eigenvalue weighted by Crippen LogP contribution is -2.02. The highest BCUT2D eigenvalue weighted by Crippen LogP contribution is 2.27. The first-order valence-electron chi connectivity index (χ1n) is 7.08. The molecule has 0 radical (unpaired) electrons. The Morgan fingerprint density at radius 2 is 1.77 bits per heavy atom. The third kappa shape index (κ3) is 3.81. The van der Waals surface area contributed by atoms with E-state index in [0.29, 0.717) is 16.9 Å². The van der Waals surface area contributed by atoms with E-state index in [-0.39, 0.29) is 18.2 Å². The molecule has 0 aliphatic rings. The molecule has 2 rings (SSSR count). The molecule has 5 heteroatoms. The summed E-state index contributed by atoms with van der Waals surface area (Å²) in [4.78, 5) is 10.5. The maximum atomic E-state index is 13.9. The molecule has 0 N–H and O–H groups in total. The smallest absolute Gasteiger partial charge is 0.276 e. The monoisotopic (exact) mass is 303 g/mol. The molecule has 0 bridgehead atoms. The third-order valence-corrected chi connectivity index (χ3v) is 3.37. The molecule has 0 heterocycles. The van der Waals surface area contributed by atoms with Gasteiger partial charge in [0.05, 0.1) is 10.5 Å². The minimum Gasteiger partial charge on any atom is -0.489 e. The van der Waals surface area contributed by atoms with E-state index in [1.54, 1.807) is 42.5 Å². The van der Waals surface area contributed by atoms with E-state index in [4.69, 9.17) is 4.74 Å². The molecule has 0 saturated heterocycles. The number of halogens is 1. The van der Waals surface area contributed by atoms with Gasteiger partial charge in [-0.05, 0) is 29.7 Å². The van der Waals surface area contributed by atoms with Gasteiger partial charge in [-0.25, -0.2) is 4.39 Å². The lowest BCUT2D eigenvalue weighted by atomic mass is 10.0. The lowest BCUT2D eigenvalue weighted by molar-refractivity contribution is -0.385. The summed E-state index contributed by atoms with van der Waals surface area (Å²) in [5.74, 6) is 0.469. The van der Waals surface area contributed by atoms with Gasteiger partial charge in [0.2, 0.25) is 0 Å². The molecule has 0 aromatic heterocycles. The van der Waals surface area contributed by atoms with Crippen LogP contribution >= 0.6 is 0 Å². The van der Waals surface area contributed by atoms with Crippen molar-refractivity contribution in [1.29, 1.82) is 0 Å². The van der Waals surface area contributed by atoms with Gasteiger partial charge in [0, 0.05) is 6.07 Å². The quantitative estimate of drug-likeness (QED) is 0.566. The molecule has 0 aliphatic heterocycles. The molecule has 0 spiro atoms. The summed E-state index contributed by atoms with van der Waals surface area (Å²) in [5, 5.41) is 10.9. The first-order chi connectivity index (χ1) is 10.5. The van der Waals surface area contributed by atoms with E-state index >= 15 is 0 Å². The second kappa shape index (κ2) is 7.02. The van der Waals surface area contributed by atoms with Gasteiger partial charge in [-0.15, -0.1) is 0 Å². The van der Waals surface area contributed by atoms with Crippen LogP contribution in [0.5, 0.6) is 5.75 Å². The summed E-state index contributed by atoms with van der Waals surface area (Å²) < 4.78 is 19.4. The maximum absolute atomic E-state index is 13.9. The largest absolute Gasteiger partial charge is 0.489 e. The topological polar surface area (TPSA) is 52.4 Å². The Bertz CT molecular complexity index is 641. The molecule has 0 aliphatic carbocycles. The van der Waals surface area contributed by atoms with Crippen molar-refractivity contribution in [2.75, 3.05) is 0 Å². The van der Waals surface area contributed by atoms with Crippen molar-refractivity contribution in [3.63, 3.8) is 0 Å². The van der Waals surface area contributed by atoms with Gasteiger partial charge in [0.1, 0.15) is 18.5 Å². The summed E-state index contributed by atoms with van der Waals surface area (Å²) in [6.07, 6.45) is -1.01. The molecule has 116 valence electrons. The molecule has 0 amide bonds. The Kier molecular flexibility index (Phi) is 5.09. The predicted molar refractivity (Wildman–Crippen MR) is 82.6 cm³/mol. The van der Waals surface area contributed by atoms with Crippen molar-refractivity contribution >= 4 is 5.69 Å². The lowest BCUT2D eigenvalue weighted by Gasteiger charge is -2.13. The van der Waals surface area contributed by atoms with Crippen molar-refractivity contribution in [3.05, 3.63) is 69.8 Å². The number of nitrogens with zero attached hydrogens (tertiary/aromatic N) is 1. The third-order valence-electron chi connectivity index (χ3n) is 3.37. The Morgan fingerprint density at radius 3 is 2.36 bits per heavy atom. The van der Waals surface area contributed by atoms with Crippen LogP contribution in [0.3, 0.4) is 0 Å². The average Bonchev–Trinajstić information content (AvgIpc) is 2.52. The minimum atomic E-state index is -1.01. The maximum Gasteiger partial charge on any atom is 0.276 e. The summed E-state index contributed by atoms with van der Waals surface area (Å²) in [7, 11) is 0. The first kappa shape index (κ1) is 15.9. The van der Waals surface area contributed by atoms with E-state index in [0.717, 1.165) is 0 Å². The molecule has 4 nitrogen and oxygen atoms in total. The van der Waals surface area contributed by atoms with Crippen molar-refractivity contribution in [3.8, 4) is 5.75 Å². The van der Waals surface area contributed by atoms with Crippen LogP contribution in [0.4, 0.5) is 10.1 Å². The van der Waals surface area contributed by atoms with Gasteiger partial charge in [-0.1, -0.05) is 38.1 Å². The van der Waals surface area contributed by atoms with Crippen LogP contribution in [-0.4, -0.2) is 4.92 Å². The van der Waals surface area contributed by atoms with Gasteiger partial charge in [-0.2, -0.15) is 0 Å². The standard InChI is InChI=1S/C17H18FNO3/c1-12(2)17(18)13-7-9-15(10-8-13)22-11-14-5-3-4-6-16(14)19(20)21/h3-10,12,17H,11H2,1-2H3. The fraction of sp³-hybridized carbons (Fsp3) is 0.294. The van der Waals surface area contributed by atoms with Crippen LogP contribution in [0, 0.1) is 16.0 Å². The van der Waals surface area contributed by atoms with Crippen molar-refractivity contribution in [2.45, 2.75) is 26.6 Å². The van der Waals surface area contributed by atoms with Gasteiger partial charge < -0.3 is 4.74 Å². The highest BCUT2D eigenvalue weighted by Gasteiger charge is 2.15. The van der Waals surface area contributed by atoms with E-state index in [2.05, 4.69) is 0 Å². The van der Waals surface area contributed by atoms with E-state index in [1.807, 2.05) is 13.8 Å². The minimum absolute atomic E-state index is 0.0303. The Balaban J connectivity index is 2.05. The van der Waals surface area contributed by atoms with Crippen LogP contribution < -0.4 is 4.74 Å². The number of hydrogen-bond acceptors (Lipinski definition) is 3. The summed E-state index contributed by atoms with van der Waals surface area (Å²) >= 11 is 0. The predicted octanol–water partition coefficient (Wildman–Crippen LogP) is 4.84. The first-order valence-corrected chi connectivity index (χ1v) is 7.08. The fourth-order valence-electron chi connectivity index (χ4n) is 2.10. The number of ether oxygens (including phenoxy) is 1. The van der Waals surface area contributed by atoms with Crippen LogP contribution in [0.15, 0.2) is 48.5 Å². The average molecular weight is 303 g/mol. The number of nitro groups is 1. The molecule has 0 saturated carbocycles. The molecular weight excluding hydrogens is 285 g/mol. The number of para-hydroxylation sites is 1. The van der Waals surface area contributed by atoms with Crippen LogP contribution in [0.2, 0.25) is 0 Å². The van der Waals surface area contributed by atoms with E-state index < -0.39 is 11.1 Å². The van der Waals surface area contributed by atoms with Gasteiger partial charge in [0.15, 0.2) is 0 Å². The highest BCUT2D eigenvalue weighted by atomic mass is 19.1. The molecule has 22 heavy (non-hydrogen) atoms. The zero-order chi connectivity index (χ0) is 16.1. The number of alkyl halides is 1. The highest BCUT2D eigenvalue weighted by molar-refractivity contribution is 5.39. The van der Waals surface area contributed by atoms with Gasteiger partial charge >= 0.3 is 0 Å². The van der Waals surface area contributed by atoms with Crippen molar-refractivity contribution in [2.24, 2.45) is 5.92 Å². The summed E-state index contributed by atoms with van der Waals surface area (Å²) in [5.41, 5.74) is 1.14. The molecule has 1 unspecified atom stereocenters. The van der Waals surface area contributed by atoms with Gasteiger partial charge in [-0.3, -0.25) is 10.1 Å². The molecule has 0 fully saturated rings. The van der Waals surface area contributed by atoms with E-state index in [9.17, 15) is 14.5 Å². The van der Waals surface area contributed by atoms with Crippen molar-refractivity contribution < 1.29 is 14.1 Å². The summed E-state index contributed by atoms with van der Waals surface area (Å²) in [6, 6.07) is 13.2. The normalized spacial score (nSPS) is 12.2. The van der Waals surface area contributed by atoms with Crippen LogP contribution in [0.25, 0.3) is 0 Å². The number of nitro benzene ring substituents is 1. The number of hydrogen-bond donors (Lipinski definition) is 0. The SMILES string of the molecule is CC(C)C(F)c1ccc(OCc2ccccc2[N+](=O)[O-])cc1. The van der Waals surface area contributed by atoms with Gasteiger partial charge in [0.25, 0.3) is 5.69 Å². The Morgan fingerprint density at radius 1 is 1.14 bits per heavy atom. The molecule has 2 aromatic rings. The number of rotatable bonds is 6. The zero-order valence-electron chi connectivity index (χ0n) is 12.5. The Hall–Kier alpha value is -2.43. The second-order valence-corrected chi connectivity index (χ2v) is 5.39.